The Morgan fingerprint density at radius 2 is 1.18 bits per heavy atom. The number of thiophene rings is 2. The van der Waals surface area contributed by atoms with Gasteiger partial charge in [0.25, 0.3) is 0 Å². The van der Waals surface area contributed by atoms with Crippen LogP contribution in [-0.2, 0) is 48.4 Å². The second kappa shape index (κ2) is 21.9. The van der Waals surface area contributed by atoms with Crippen LogP contribution < -0.4 is 20.1 Å². The number of amides is 2. The fourth-order valence-electron chi connectivity index (χ4n) is 10.4. The van der Waals surface area contributed by atoms with E-state index in [1.807, 2.05) is 40.6 Å². The quantitative estimate of drug-likeness (QED) is 0.0745. The summed E-state index contributed by atoms with van der Waals surface area (Å²) in [5, 5.41) is 9.26. The maximum Gasteiger partial charge on any atom is 0.225 e. The molecule has 0 unspecified atom stereocenters. The molecule has 2 N–H and O–H groups in total. The first-order valence-corrected chi connectivity index (χ1v) is 27.1. The van der Waals surface area contributed by atoms with Crippen molar-refractivity contribution >= 4 is 102 Å². The number of alkyl halides is 1. The Bertz CT molecular complexity index is 3000. The highest BCUT2D eigenvalue weighted by molar-refractivity contribution is 7.19. The number of hydrogen-bond donors (Lipinski definition) is 2. The maximum atomic E-state index is 12.6. The Labute approximate surface area is 428 Å². The standard InChI is InChI=1S/C29H36N6O2S.C24H26ClN5O2S/c1-34(2)29(36)19-7-8-22-25(15-19)38-28-26(22)27(31-18-32-28)33-23-13-20-16-30-17-21(20)14-24(23)37-12-6-11-35-9-4-3-5-10-35;1-30(2)24(31)14-4-5-17-20(10-14)33-23-21(17)22(27-13-28-23)29-18-8-15-11-26-12-16(15)9-19(18)32-7-3-6-25/h13-14,16,18-19H,3-12,15,17H2,1-2H3,(H,31,32,33);8-9,11,13-14H,3-7,10,12H2,1-2H3,(H,27,28,29)/t19-;14-/m00/s1. The zero-order valence-corrected chi connectivity index (χ0v) is 43.4. The van der Waals surface area contributed by atoms with Gasteiger partial charge in [0.2, 0.25) is 11.8 Å². The number of aliphatic imine (C=N–C) groups is 2. The number of nitrogens with zero attached hydrogens (tertiary/aromatic N) is 9. The highest BCUT2D eigenvalue weighted by Crippen LogP contribution is 2.44. The molecule has 11 rings (SSSR count). The summed E-state index contributed by atoms with van der Waals surface area (Å²) in [6.45, 7) is 6.10. The average Bonchev–Trinajstić information content (AvgIpc) is 4.20. The van der Waals surface area contributed by atoms with Crippen molar-refractivity contribution in [3.63, 3.8) is 0 Å². The molecule has 71 heavy (non-hydrogen) atoms. The van der Waals surface area contributed by atoms with Crippen molar-refractivity contribution in [3.8, 4) is 11.5 Å². The molecule has 372 valence electrons. The third-order valence-corrected chi connectivity index (χ3v) is 16.7. The van der Waals surface area contributed by atoms with Gasteiger partial charge in [0, 0.05) is 74.6 Å². The summed E-state index contributed by atoms with van der Waals surface area (Å²) in [5.74, 6) is 4.23. The molecule has 2 atom stereocenters. The molecular weight excluding hydrogens is 954 g/mol. The number of hydrogen-bond acceptors (Lipinski definition) is 15. The summed E-state index contributed by atoms with van der Waals surface area (Å²) >= 11 is 9.21. The highest BCUT2D eigenvalue weighted by atomic mass is 35.5. The molecule has 2 aromatic carbocycles. The fraction of sp³-hybridized carbons (Fsp3) is 0.472. The Morgan fingerprint density at radius 3 is 1.66 bits per heavy atom. The van der Waals surface area contributed by atoms with E-state index in [-0.39, 0.29) is 23.7 Å². The predicted molar refractivity (Wildman–Crippen MR) is 287 cm³/mol. The second-order valence-corrected chi connectivity index (χ2v) is 22.0. The molecule has 1 saturated heterocycles. The van der Waals surface area contributed by atoms with Crippen LogP contribution in [0, 0.1) is 11.8 Å². The SMILES string of the molecule is CN(C)C(=O)[C@H]1CCc2c(sc3ncnc(Nc4cc5c(cc4OCCCCl)CN=C5)c23)C1.CN(C)C(=O)[C@H]1CCc2c(sc3ncnc(Nc4cc5c(cc4OCCCN4CCCCC4)CN=C5)c23)C1. The predicted octanol–water partition coefficient (Wildman–Crippen LogP) is 9.38. The number of benzene rings is 2. The number of aromatic nitrogens is 4. The van der Waals surface area contributed by atoms with E-state index in [1.165, 1.54) is 58.8 Å². The molecule has 2 aliphatic carbocycles. The Kier molecular flexibility index (Phi) is 15.1. The van der Waals surface area contributed by atoms with Crippen molar-refractivity contribution in [2.45, 2.75) is 83.7 Å². The van der Waals surface area contributed by atoms with E-state index in [9.17, 15) is 9.59 Å². The van der Waals surface area contributed by atoms with Crippen molar-refractivity contribution in [3.05, 3.63) is 80.1 Å². The summed E-state index contributed by atoms with van der Waals surface area (Å²) in [6.07, 6.45) is 17.7. The first-order valence-electron chi connectivity index (χ1n) is 25.0. The third kappa shape index (κ3) is 10.7. The molecule has 4 aromatic heterocycles. The van der Waals surface area contributed by atoms with Crippen molar-refractivity contribution < 1.29 is 19.1 Å². The Morgan fingerprint density at radius 1 is 0.690 bits per heavy atom. The number of anilines is 4. The molecular formula is C53H62ClN11O4S2. The largest absolute Gasteiger partial charge is 0.491 e. The smallest absolute Gasteiger partial charge is 0.225 e. The average molecular weight is 1020 g/mol. The first-order chi connectivity index (χ1) is 34.6. The van der Waals surface area contributed by atoms with Gasteiger partial charge in [0.1, 0.15) is 45.5 Å². The number of carbonyl (C=O) groups is 2. The lowest BCUT2D eigenvalue weighted by Gasteiger charge is -2.26. The Hall–Kier alpha value is -5.75. The molecule has 3 aliphatic heterocycles. The maximum absolute atomic E-state index is 12.6. The zero-order valence-electron chi connectivity index (χ0n) is 41.1. The van der Waals surface area contributed by atoms with Gasteiger partial charge in [-0.25, -0.2) is 19.9 Å². The van der Waals surface area contributed by atoms with Crippen LogP contribution in [0.5, 0.6) is 11.5 Å². The van der Waals surface area contributed by atoms with E-state index in [4.69, 9.17) is 21.1 Å². The van der Waals surface area contributed by atoms with E-state index >= 15 is 0 Å². The van der Waals surface area contributed by atoms with Crippen molar-refractivity contribution in [1.82, 2.24) is 34.6 Å². The molecule has 7 heterocycles. The van der Waals surface area contributed by atoms with Crippen LogP contribution in [-0.4, -0.2) is 126 Å². The first kappa shape index (κ1) is 48.9. The molecule has 5 aliphatic rings. The number of aryl methyl sites for hydroxylation is 2. The van der Waals surface area contributed by atoms with Crippen LogP contribution in [0.2, 0.25) is 0 Å². The number of halogens is 1. The number of nitrogens with one attached hydrogen (secondary N) is 2. The summed E-state index contributed by atoms with van der Waals surface area (Å²) in [6, 6.07) is 8.38. The van der Waals surface area contributed by atoms with Gasteiger partial charge in [0.15, 0.2) is 0 Å². The lowest BCUT2D eigenvalue weighted by atomic mass is 9.87. The minimum Gasteiger partial charge on any atom is -0.491 e. The van der Waals surface area contributed by atoms with Crippen molar-refractivity contribution in [2.75, 3.05) is 77.6 Å². The van der Waals surface area contributed by atoms with Gasteiger partial charge in [0.05, 0.1) is 48.5 Å². The molecule has 0 radical (unpaired) electrons. The van der Waals surface area contributed by atoms with E-state index in [0.717, 1.165) is 130 Å². The van der Waals surface area contributed by atoms with E-state index in [1.54, 1.807) is 45.1 Å². The van der Waals surface area contributed by atoms with E-state index in [0.29, 0.717) is 32.2 Å². The van der Waals surface area contributed by atoms with Crippen LogP contribution in [0.4, 0.5) is 23.0 Å². The summed E-state index contributed by atoms with van der Waals surface area (Å²) in [4.78, 5) is 62.8. The van der Waals surface area contributed by atoms with Crippen LogP contribution in [0.15, 0.2) is 46.9 Å². The number of rotatable bonds is 15. The number of carbonyl (C=O) groups excluding carboxylic acids is 2. The molecule has 1 fully saturated rings. The molecule has 0 bridgehead atoms. The minimum absolute atomic E-state index is 0.0304. The van der Waals surface area contributed by atoms with Crippen molar-refractivity contribution in [2.24, 2.45) is 21.8 Å². The summed E-state index contributed by atoms with van der Waals surface area (Å²) < 4.78 is 12.4. The molecule has 6 aromatic rings. The van der Waals surface area contributed by atoms with Crippen LogP contribution in [0.25, 0.3) is 20.4 Å². The molecule has 0 saturated carbocycles. The molecule has 15 nitrogen and oxygen atoms in total. The lowest BCUT2D eigenvalue weighted by Crippen LogP contribution is -2.32. The van der Waals surface area contributed by atoms with Crippen LogP contribution in [0.1, 0.15) is 88.1 Å². The normalized spacial score (nSPS) is 17.8. The Balaban J connectivity index is 0.000000166. The van der Waals surface area contributed by atoms with Gasteiger partial charge in [-0.2, -0.15) is 0 Å². The molecule has 18 heteroatoms. The van der Waals surface area contributed by atoms with E-state index in [2.05, 4.69) is 69.7 Å². The second-order valence-electron chi connectivity index (χ2n) is 19.4. The number of ether oxygens (including phenoxy) is 2. The van der Waals surface area contributed by atoms with Gasteiger partial charge >= 0.3 is 0 Å². The van der Waals surface area contributed by atoms with Gasteiger partial charge in [-0.3, -0.25) is 19.6 Å². The highest BCUT2D eigenvalue weighted by Gasteiger charge is 2.32. The van der Waals surface area contributed by atoms with Gasteiger partial charge in [-0.05, 0) is 135 Å². The van der Waals surface area contributed by atoms with Crippen LogP contribution in [0.3, 0.4) is 0 Å². The van der Waals surface area contributed by atoms with Crippen LogP contribution >= 0.6 is 34.3 Å². The topological polar surface area (TPSA) is 163 Å². The molecule has 2 amide bonds. The number of likely N-dealkylation sites (tertiary alicyclic amines) is 1. The number of fused-ring (bicyclic) bond motifs is 8. The van der Waals surface area contributed by atoms with Crippen molar-refractivity contribution in [1.29, 1.82) is 0 Å². The fourth-order valence-corrected chi connectivity index (χ4v) is 13.1. The molecule has 0 spiro atoms. The minimum atomic E-state index is 0.0304. The van der Waals surface area contributed by atoms with Gasteiger partial charge < -0.3 is 34.8 Å². The summed E-state index contributed by atoms with van der Waals surface area (Å²) in [5.41, 5.74) is 8.86. The third-order valence-electron chi connectivity index (χ3n) is 14.1. The monoisotopic (exact) mass is 1020 g/mol. The zero-order chi connectivity index (χ0) is 49.0. The van der Waals surface area contributed by atoms with Gasteiger partial charge in [-0.15, -0.1) is 34.3 Å². The lowest BCUT2D eigenvalue weighted by molar-refractivity contribution is -0.134. The van der Waals surface area contributed by atoms with Gasteiger partial charge in [-0.1, -0.05) is 6.42 Å². The summed E-state index contributed by atoms with van der Waals surface area (Å²) in [7, 11) is 7.32. The number of piperidine rings is 1. The van der Waals surface area contributed by atoms with E-state index < -0.39 is 0 Å².